The maximum absolute atomic E-state index is 9.05. The summed E-state index contributed by atoms with van der Waals surface area (Å²) in [7, 11) is 0. The molecule has 60 valence electrons. The Kier molecular flexibility index (Phi) is 2.61. The second-order valence-electron chi connectivity index (χ2n) is 3.67. The van der Waals surface area contributed by atoms with E-state index in [0.29, 0.717) is 6.61 Å². The number of hydrogen-bond donors (Lipinski definition) is 1. The van der Waals surface area contributed by atoms with E-state index in [4.69, 9.17) is 5.11 Å². The van der Waals surface area contributed by atoms with E-state index in [1.807, 2.05) is 0 Å². The van der Waals surface area contributed by atoms with Crippen molar-refractivity contribution in [2.24, 2.45) is 11.8 Å². The van der Waals surface area contributed by atoms with Gasteiger partial charge in [0.15, 0.2) is 0 Å². The first-order chi connectivity index (χ1) is 4.57. The molecule has 0 amide bonds. The van der Waals surface area contributed by atoms with Crippen LogP contribution in [0.25, 0.3) is 0 Å². The molecule has 2 heteroatoms. The van der Waals surface area contributed by atoms with Crippen molar-refractivity contribution in [1.82, 2.24) is 0 Å². The molecule has 1 nitrogen and oxygen atoms in total. The third-order valence-corrected chi connectivity index (χ3v) is 3.85. The predicted octanol–water partition coefficient (Wildman–Crippen LogP) is 2.22. The molecule has 1 unspecified atom stereocenters. The lowest BCUT2D eigenvalue weighted by Gasteiger charge is -2.17. The van der Waals surface area contributed by atoms with E-state index >= 15 is 0 Å². The minimum Gasteiger partial charge on any atom is -0.395 e. The Balaban J connectivity index is 2.55. The first-order valence-electron chi connectivity index (χ1n) is 3.87. The molecule has 0 saturated heterocycles. The fraction of sp³-hybridized carbons (Fsp3) is 1.00. The highest BCUT2D eigenvalue weighted by atomic mass is 127. The van der Waals surface area contributed by atoms with Crippen LogP contribution >= 0.6 is 22.6 Å². The van der Waals surface area contributed by atoms with Crippen LogP contribution in [0.3, 0.4) is 0 Å². The molecule has 0 aromatic heterocycles. The SMILES string of the molecule is C[C@@H]1CC(I)(CO)C[C@@H]1C. The van der Waals surface area contributed by atoms with Crippen molar-refractivity contribution in [3.63, 3.8) is 0 Å². The predicted molar refractivity (Wildman–Crippen MR) is 51.4 cm³/mol. The van der Waals surface area contributed by atoms with Gasteiger partial charge in [0.05, 0.1) is 6.61 Å². The topological polar surface area (TPSA) is 20.2 Å². The van der Waals surface area contributed by atoms with Crippen LogP contribution < -0.4 is 0 Å². The quantitative estimate of drug-likeness (QED) is 0.562. The minimum absolute atomic E-state index is 0.205. The van der Waals surface area contributed by atoms with E-state index in [1.165, 1.54) is 12.8 Å². The average Bonchev–Trinajstić information content (AvgIpc) is 2.10. The molecule has 0 aromatic rings. The van der Waals surface area contributed by atoms with Gasteiger partial charge in [-0.1, -0.05) is 36.4 Å². The lowest BCUT2D eigenvalue weighted by Crippen LogP contribution is -2.21. The molecule has 10 heavy (non-hydrogen) atoms. The molecule has 0 aliphatic heterocycles. The second kappa shape index (κ2) is 2.97. The molecule has 0 heterocycles. The third-order valence-electron chi connectivity index (χ3n) is 2.63. The smallest absolute Gasteiger partial charge is 0.0577 e. The van der Waals surface area contributed by atoms with Crippen LogP contribution in [0.4, 0.5) is 0 Å². The van der Waals surface area contributed by atoms with E-state index in [9.17, 15) is 0 Å². The van der Waals surface area contributed by atoms with Crippen molar-refractivity contribution in [1.29, 1.82) is 0 Å². The van der Waals surface area contributed by atoms with Crippen molar-refractivity contribution in [2.45, 2.75) is 30.1 Å². The zero-order valence-corrected chi connectivity index (χ0v) is 8.76. The van der Waals surface area contributed by atoms with E-state index < -0.39 is 0 Å². The maximum atomic E-state index is 9.05. The van der Waals surface area contributed by atoms with Crippen molar-refractivity contribution in [3.8, 4) is 0 Å². The van der Waals surface area contributed by atoms with Crippen LogP contribution in [0.1, 0.15) is 26.7 Å². The Morgan fingerprint density at radius 3 is 2.00 bits per heavy atom. The molecule has 1 fully saturated rings. The summed E-state index contributed by atoms with van der Waals surface area (Å²) < 4.78 is 0.205. The van der Waals surface area contributed by atoms with Crippen molar-refractivity contribution in [3.05, 3.63) is 0 Å². The van der Waals surface area contributed by atoms with Gasteiger partial charge in [0.1, 0.15) is 0 Å². The van der Waals surface area contributed by atoms with Gasteiger partial charge in [0.25, 0.3) is 0 Å². The van der Waals surface area contributed by atoms with Crippen LogP contribution in [0.15, 0.2) is 0 Å². The van der Waals surface area contributed by atoms with Gasteiger partial charge < -0.3 is 5.11 Å². The Bertz CT molecular complexity index is 114. The molecule has 1 aliphatic carbocycles. The van der Waals surface area contributed by atoms with Crippen molar-refractivity contribution < 1.29 is 5.11 Å². The highest BCUT2D eigenvalue weighted by Gasteiger charge is 2.38. The summed E-state index contributed by atoms with van der Waals surface area (Å²) in [6.07, 6.45) is 2.37. The minimum atomic E-state index is 0.205. The number of alkyl halides is 1. The maximum Gasteiger partial charge on any atom is 0.0577 e. The van der Waals surface area contributed by atoms with Crippen molar-refractivity contribution in [2.75, 3.05) is 6.61 Å². The monoisotopic (exact) mass is 254 g/mol. The third kappa shape index (κ3) is 1.64. The number of halogens is 1. The van der Waals surface area contributed by atoms with Gasteiger partial charge in [-0.05, 0) is 24.7 Å². The molecule has 3 atom stereocenters. The Labute approximate surface area is 76.3 Å². The zero-order valence-electron chi connectivity index (χ0n) is 6.60. The second-order valence-corrected chi connectivity index (χ2v) is 5.96. The molecule has 1 saturated carbocycles. The summed E-state index contributed by atoms with van der Waals surface area (Å²) in [5.74, 6) is 1.59. The van der Waals surface area contributed by atoms with Gasteiger partial charge in [-0.15, -0.1) is 0 Å². The molecule has 0 radical (unpaired) electrons. The average molecular weight is 254 g/mol. The summed E-state index contributed by atoms with van der Waals surface area (Å²) in [6, 6.07) is 0. The lowest BCUT2D eigenvalue weighted by atomic mass is 10.0. The van der Waals surface area contributed by atoms with E-state index in [2.05, 4.69) is 36.4 Å². The van der Waals surface area contributed by atoms with Crippen LogP contribution in [-0.2, 0) is 0 Å². The normalized spacial score (nSPS) is 48.0. The number of aliphatic hydroxyl groups is 1. The summed E-state index contributed by atoms with van der Waals surface area (Å²) in [4.78, 5) is 0. The van der Waals surface area contributed by atoms with Crippen LogP contribution in [-0.4, -0.2) is 15.1 Å². The summed E-state index contributed by atoms with van der Waals surface area (Å²) in [5.41, 5.74) is 0. The fourth-order valence-electron chi connectivity index (χ4n) is 1.77. The number of aliphatic hydroxyl groups excluding tert-OH is 1. The molecular formula is C8H15IO. The molecule has 1 aliphatic rings. The van der Waals surface area contributed by atoms with Crippen LogP contribution in [0, 0.1) is 11.8 Å². The van der Waals surface area contributed by atoms with E-state index in [-0.39, 0.29) is 3.42 Å². The van der Waals surface area contributed by atoms with Gasteiger partial charge in [-0.25, -0.2) is 0 Å². The van der Waals surface area contributed by atoms with Gasteiger partial charge in [0.2, 0.25) is 0 Å². The Morgan fingerprint density at radius 1 is 1.40 bits per heavy atom. The highest BCUT2D eigenvalue weighted by Crippen LogP contribution is 2.44. The summed E-state index contributed by atoms with van der Waals surface area (Å²) in [5, 5.41) is 9.05. The van der Waals surface area contributed by atoms with Crippen LogP contribution in [0.2, 0.25) is 0 Å². The number of hydrogen-bond acceptors (Lipinski definition) is 1. The van der Waals surface area contributed by atoms with Crippen molar-refractivity contribution >= 4 is 22.6 Å². The lowest BCUT2D eigenvalue weighted by molar-refractivity contribution is 0.254. The molecule has 0 spiro atoms. The Hall–Kier alpha value is 0.690. The molecular weight excluding hydrogens is 239 g/mol. The van der Waals surface area contributed by atoms with Crippen LogP contribution in [0.5, 0.6) is 0 Å². The standard InChI is InChI=1S/C8H15IO/c1-6-3-8(9,5-10)4-7(6)2/h6-7,10H,3-5H2,1-2H3/t6-,7+,8?. The van der Waals surface area contributed by atoms with Gasteiger partial charge in [-0.3, -0.25) is 0 Å². The fourth-order valence-corrected chi connectivity index (χ4v) is 3.16. The highest BCUT2D eigenvalue weighted by molar-refractivity contribution is 14.1. The number of rotatable bonds is 1. The van der Waals surface area contributed by atoms with Gasteiger partial charge in [-0.2, -0.15) is 0 Å². The van der Waals surface area contributed by atoms with Gasteiger partial charge in [0, 0.05) is 3.42 Å². The van der Waals surface area contributed by atoms with E-state index in [0.717, 1.165) is 11.8 Å². The first-order valence-corrected chi connectivity index (χ1v) is 4.95. The largest absolute Gasteiger partial charge is 0.395 e. The molecule has 0 aromatic carbocycles. The van der Waals surface area contributed by atoms with Gasteiger partial charge >= 0.3 is 0 Å². The molecule has 0 bridgehead atoms. The van der Waals surface area contributed by atoms with E-state index in [1.54, 1.807) is 0 Å². The Morgan fingerprint density at radius 2 is 1.80 bits per heavy atom. The first kappa shape index (κ1) is 8.78. The summed E-state index contributed by atoms with van der Waals surface area (Å²) >= 11 is 2.41. The molecule has 1 N–H and O–H groups in total. The molecule has 1 rings (SSSR count). The zero-order chi connectivity index (χ0) is 7.78. The summed E-state index contributed by atoms with van der Waals surface area (Å²) in [6.45, 7) is 4.91.